The van der Waals surface area contributed by atoms with Crippen molar-refractivity contribution in [3.63, 3.8) is 0 Å². The SMILES string of the molecule is CC(C)c1ncc(CN2CCc3c([nH]c4ccccc34)[C@@H]2C)cn1. The van der Waals surface area contributed by atoms with Crippen LogP contribution < -0.4 is 0 Å². The van der Waals surface area contributed by atoms with Gasteiger partial charge >= 0.3 is 0 Å². The average molecular weight is 320 g/mol. The van der Waals surface area contributed by atoms with Gasteiger partial charge in [0.15, 0.2) is 0 Å². The van der Waals surface area contributed by atoms with E-state index in [1.165, 1.54) is 27.7 Å². The van der Waals surface area contributed by atoms with Gasteiger partial charge in [-0.05, 0) is 25.0 Å². The second kappa shape index (κ2) is 6.02. The Labute approximate surface area is 142 Å². The zero-order chi connectivity index (χ0) is 16.7. The molecule has 0 fully saturated rings. The molecule has 1 aliphatic heterocycles. The highest BCUT2D eigenvalue weighted by molar-refractivity contribution is 5.85. The van der Waals surface area contributed by atoms with Crippen LogP contribution in [0.15, 0.2) is 36.7 Å². The van der Waals surface area contributed by atoms with E-state index in [4.69, 9.17) is 0 Å². The first-order valence-corrected chi connectivity index (χ1v) is 8.78. The maximum absolute atomic E-state index is 4.50. The van der Waals surface area contributed by atoms with Crippen LogP contribution in [0.3, 0.4) is 0 Å². The van der Waals surface area contributed by atoms with Crippen molar-refractivity contribution >= 4 is 10.9 Å². The lowest BCUT2D eigenvalue weighted by Crippen LogP contribution is -2.33. The Balaban J connectivity index is 1.57. The standard InChI is InChI=1S/C20H24N4/c1-13(2)20-21-10-15(11-22-20)12-24-9-8-17-16-6-4-5-7-18(16)23-19(17)14(24)3/h4-7,10-11,13-14,23H,8-9,12H2,1-3H3/t14-/m0/s1. The topological polar surface area (TPSA) is 44.8 Å². The number of aromatic nitrogens is 3. The van der Waals surface area contributed by atoms with E-state index in [0.717, 1.165) is 25.3 Å². The molecule has 1 atom stereocenters. The Morgan fingerprint density at radius 3 is 2.71 bits per heavy atom. The molecule has 0 bridgehead atoms. The van der Waals surface area contributed by atoms with Gasteiger partial charge in [-0.3, -0.25) is 4.90 Å². The molecule has 1 N–H and O–H groups in total. The molecule has 1 aliphatic rings. The summed E-state index contributed by atoms with van der Waals surface area (Å²) in [6, 6.07) is 9.00. The molecule has 2 aromatic heterocycles. The lowest BCUT2D eigenvalue weighted by atomic mass is 9.98. The predicted molar refractivity (Wildman–Crippen MR) is 96.9 cm³/mol. The number of fused-ring (bicyclic) bond motifs is 3. The molecule has 24 heavy (non-hydrogen) atoms. The second-order valence-corrected chi connectivity index (χ2v) is 7.06. The number of nitrogens with zero attached hydrogens (tertiary/aromatic N) is 3. The summed E-state index contributed by atoms with van der Waals surface area (Å²) in [6.45, 7) is 8.51. The Morgan fingerprint density at radius 1 is 1.21 bits per heavy atom. The Morgan fingerprint density at radius 2 is 1.96 bits per heavy atom. The van der Waals surface area contributed by atoms with Crippen LogP contribution in [0.1, 0.15) is 55.4 Å². The molecule has 4 heteroatoms. The minimum atomic E-state index is 0.377. The van der Waals surface area contributed by atoms with Crippen LogP contribution in [0.5, 0.6) is 0 Å². The van der Waals surface area contributed by atoms with Gasteiger partial charge in [-0.1, -0.05) is 32.0 Å². The maximum Gasteiger partial charge on any atom is 0.130 e. The fraction of sp³-hybridized carbons (Fsp3) is 0.400. The third-order valence-corrected chi connectivity index (χ3v) is 5.09. The summed E-state index contributed by atoms with van der Waals surface area (Å²) in [4.78, 5) is 15.1. The van der Waals surface area contributed by atoms with Crippen molar-refractivity contribution in [2.24, 2.45) is 0 Å². The zero-order valence-corrected chi connectivity index (χ0v) is 14.6. The highest BCUT2D eigenvalue weighted by Gasteiger charge is 2.27. The quantitative estimate of drug-likeness (QED) is 0.786. The fourth-order valence-electron chi connectivity index (χ4n) is 3.67. The van der Waals surface area contributed by atoms with Crippen molar-refractivity contribution in [1.82, 2.24) is 19.9 Å². The normalized spacial score (nSPS) is 18.2. The van der Waals surface area contributed by atoms with Gasteiger partial charge in [0.2, 0.25) is 0 Å². The van der Waals surface area contributed by atoms with Gasteiger partial charge in [0.05, 0.1) is 0 Å². The zero-order valence-electron chi connectivity index (χ0n) is 14.6. The average Bonchev–Trinajstić information content (AvgIpc) is 2.97. The number of H-pyrrole nitrogens is 1. The molecular weight excluding hydrogens is 296 g/mol. The van der Waals surface area contributed by atoms with E-state index in [1.807, 2.05) is 12.4 Å². The Hall–Kier alpha value is -2.20. The number of rotatable bonds is 3. The van der Waals surface area contributed by atoms with Crippen molar-refractivity contribution in [1.29, 1.82) is 0 Å². The van der Waals surface area contributed by atoms with Gasteiger partial charge < -0.3 is 4.98 Å². The van der Waals surface area contributed by atoms with Crippen LogP contribution in [0.4, 0.5) is 0 Å². The molecule has 0 aliphatic carbocycles. The van der Waals surface area contributed by atoms with Gasteiger partial charge in [-0.2, -0.15) is 0 Å². The summed E-state index contributed by atoms with van der Waals surface area (Å²) in [6.07, 6.45) is 5.06. The summed E-state index contributed by atoms with van der Waals surface area (Å²) in [7, 11) is 0. The van der Waals surface area contributed by atoms with E-state index in [9.17, 15) is 0 Å². The summed E-state index contributed by atoms with van der Waals surface area (Å²) in [5.41, 5.74) is 5.29. The van der Waals surface area contributed by atoms with Crippen LogP contribution in [-0.2, 0) is 13.0 Å². The number of aromatic amines is 1. The lowest BCUT2D eigenvalue weighted by Gasteiger charge is -2.33. The summed E-state index contributed by atoms with van der Waals surface area (Å²) >= 11 is 0. The number of nitrogens with one attached hydrogen (secondary N) is 1. The number of hydrogen-bond acceptors (Lipinski definition) is 3. The molecule has 4 nitrogen and oxygen atoms in total. The van der Waals surface area contributed by atoms with Crippen molar-refractivity contribution in [2.45, 2.75) is 45.7 Å². The van der Waals surface area contributed by atoms with Gasteiger partial charge in [0.1, 0.15) is 5.82 Å². The first-order chi connectivity index (χ1) is 11.6. The minimum Gasteiger partial charge on any atom is -0.357 e. The molecule has 0 radical (unpaired) electrons. The molecule has 3 heterocycles. The van der Waals surface area contributed by atoms with Crippen LogP contribution >= 0.6 is 0 Å². The van der Waals surface area contributed by atoms with Crippen LogP contribution in [0.2, 0.25) is 0 Å². The first kappa shape index (κ1) is 15.3. The highest BCUT2D eigenvalue weighted by Crippen LogP contribution is 2.34. The van der Waals surface area contributed by atoms with Gasteiger partial charge in [0, 0.05) is 59.6 Å². The fourth-order valence-corrected chi connectivity index (χ4v) is 3.67. The van der Waals surface area contributed by atoms with Crippen LogP contribution in [0, 0.1) is 0 Å². The van der Waals surface area contributed by atoms with Crippen molar-refractivity contribution in [2.75, 3.05) is 6.54 Å². The minimum absolute atomic E-state index is 0.377. The summed E-state index contributed by atoms with van der Waals surface area (Å²) in [5, 5.41) is 1.38. The van der Waals surface area contributed by atoms with Crippen molar-refractivity contribution in [3.8, 4) is 0 Å². The van der Waals surface area contributed by atoms with Gasteiger partial charge in [-0.15, -0.1) is 0 Å². The van der Waals surface area contributed by atoms with E-state index in [-0.39, 0.29) is 0 Å². The van der Waals surface area contributed by atoms with Gasteiger partial charge in [0.25, 0.3) is 0 Å². The maximum atomic E-state index is 4.50. The molecular formula is C20H24N4. The van der Waals surface area contributed by atoms with Gasteiger partial charge in [-0.25, -0.2) is 9.97 Å². The predicted octanol–water partition coefficient (Wildman–Crippen LogP) is 4.20. The molecule has 0 amide bonds. The van der Waals surface area contributed by atoms with Crippen molar-refractivity contribution < 1.29 is 0 Å². The highest BCUT2D eigenvalue weighted by atomic mass is 15.2. The Kier molecular flexibility index (Phi) is 3.85. The summed E-state index contributed by atoms with van der Waals surface area (Å²) in [5.74, 6) is 1.30. The van der Waals surface area contributed by atoms with Crippen LogP contribution in [0.25, 0.3) is 10.9 Å². The summed E-state index contributed by atoms with van der Waals surface area (Å²) < 4.78 is 0. The smallest absolute Gasteiger partial charge is 0.130 e. The molecule has 0 saturated carbocycles. The van der Waals surface area contributed by atoms with E-state index in [0.29, 0.717) is 12.0 Å². The van der Waals surface area contributed by atoms with E-state index in [1.54, 1.807) is 0 Å². The Bertz CT molecular complexity index is 848. The van der Waals surface area contributed by atoms with E-state index >= 15 is 0 Å². The first-order valence-electron chi connectivity index (χ1n) is 8.78. The number of hydrogen-bond donors (Lipinski definition) is 1. The largest absolute Gasteiger partial charge is 0.357 e. The molecule has 1 aromatic carbocycles. The number of para-hydroxylation sites is 1. The van der Waals surface area contributed by atoms with Crippen molar-refractivity contribution in [3.05, 3.63) is 59.3 Å². The number of benzene rings is 1. The molecule has 3 aromatic rings. The lowest BCUT2D eigenvalue weighted by molar-refractivity contribution is 0.186. The van der Waals surface area contributed by atoms with Crippen LogP contribution in [-0.4, -0.2) is 26.4 Å². The third kappa shape index (κ3) is 2.61. The van der Waals surface area contributed by atoms with E-state index in [2.05, 4.69) is 64.9 Å². The second-order valence-electron chi connectivity index (χ2n) is 7.06. The molecule has 124 valence electrons. The molecule has 0 spiro atoms. The van der Waals surface area contributed by atoms with E-state index < -0.39 is 0 Å². The monoisotopic (exact) mass is 320 g/mol. The molecule has 0 unspecified atom stereocenters. The molecule has 4 rings (SSSR count). The molecule has 0 saturated heterocycles. The third-order valence-electron chi connectivity index (χ3n) is 5.09.